The Morgan fingerprint density at radius 3 is 2.89 bits per heavy atom. The van der Waals surface area contributed by atoms with Gasteiger partial charge in [0.2, 0.25) is 5.91 Å². The second kappa shape index (κ2) is 6.26. The Bertz CT molecular complexity index is 408. The van der Waals surface area contributed by atoms with E-state index in [9.17, 15) is 4.79 Å². The first-order chi connectivity index (χ1) is 8.42. The molecule has 1 heterocycles. The standard InChI is InChI=1S/C12H21N3O2S/c1-5-12(3,11(13)16)14-6-9-7-18-10(15-9)8(2)17-4/h7-8,14H,5-6H2,1-4H3,(H2,13,16)/t8-,12+/m0/s1. The van der Waals surface area contributed by atoms with Gasteiger partial charge in [0.1, 0.15) is 11.1 Å². The Morgan fingerprint density at radius 2 is 2.39 bits per heavy atom. The van der Waals surface area contributed by atoms with E-state index >= 15 is 0 Å². The molecule has 102 valence electrons. The fourth-order valence-electron chi connectivity index (χ4n) is 1.36. The van der Waals surface area contributed by atoms with Crippen LogP contribution in [0.3, 0.4) is 0 Å². The summed E-state index contributed by atoms with van der Waals surface area (Å²) in [7, 11) is 1.66. The third kappa shape index (κ3) is 3.51. The molecule has 0 bridgehead atoms. The summed E-state index contributed by atoms with van der Waals surface area (Å²) in [4.78, 5) is 15.8. The van der Waals surface area contributed by atoms with Crippen molar-refractivity contribution in [2.45, 2.75) is 45.4 Å². The second-order valence-corrected chi connectivity index (χ2v) is 5.35. The van der Waals surface area contributed by atoms with Gasteiger partial charge in [0.25, 0.3) is 0 Å². The highest BCUT2D eigenvalue weighted by Gasteiger charge is 2.28. The van der Waals surface area contributed by atoms with Crippen molar-refractivity contribution in [2.24, 2.45) is 5.73 Å². The van der Waals surface area contributed by atoms with Crippen LogP contribution in [0.5, 0.6) is 0 Å². The third-order valence-electron chi connectivity index (χ3n) is 3.18. The number of primary amides is 1. The molecule has 5 nitrogen and oxygen atoms in total. The molecular weight excluding hydrogens is 250 g/mol. The van der Waals surface area contributed by atoms with Gasteiger partial charge in [0.15, 0.2) is 0 Å². The zero-order valence-corrected chi connectivity index (χ0v) is 12.1. The van der Waals surface area contributed by atoms with Crippen molar-refractivity contribution >= 4 is 17.2 Å². The van der Waals surface area contributed by atoms with Gasteiger partial charge in [0, 0.05) is 19.0 Å². The van der Waals surface area contributed by atoms with Crippen molar-refractivity contribution in [3.8, 4) is 0 Å². The van der Waals surface area contributed by atoms with Crippen molar-refractivity contribution in [2.75, 3.05) is 7.11 Å². The van der Waals surface area contributed by atoms with Crippen molar-refractivity contribution < 1.29 is 9.53 Å². The average molecular weight is 271 g/mol. The normalized spacial score (nSPS) is 16.2. The van der Waals surface area contributed by atoms with Crippen LogP contribution in [-0.4, -0.2) is 23.5 Å². The minimum absolute atomic E-state index is 0.00236. The van der Waals surface area contributed by atoms with E-state index in [2.05, 4.69) is 10.3 Å². The molecule has 18 heavy (non-hydrogen) atoms. The molecule has 3 N–H and O–H groups in total. The lowest BCUT2D eigenvalue weighted by Crippen LogP contribution is -2.52. The quantitative estimate of drug-likeness (QED) is 0.789. The van der Waals surface area contributed by atoms with Crippen LogP contribution in [0.1, 0.15) is 44.0 Å². The van der Waals surface area contributed by atoms with Gasteiger partial charge in [-0.2, -0.15) is 0 Å². The van der Waals surface area contributed by atoms with Crippen molar-refractivity contribution in [3.63, 3.8) is 0 Å². The van der Waals surface area contributed by atoms with E-state index in [0.717, 1.165) is 10.7 Å². The Hall–Kier alpha value is -0.980. The summed E-state index contributed by atoms with van der Waals surface area (Å²) < 4.78 is 5.21. The average Bonchev–Trinajstić information content (AvgIpc) is 2.83. The summed E-state index contributed by atoms with van der Waals surface area (Å²) >= 11 is 1.56. The minimum atomic E-state index is -0.684. The maximum Gasteiger partial charge on any atom is 0.237 e. The molecule has 1 aromatic heterocycles. The smallest absolute Gasteiger partial charge is 0.237 e. The van der Waals surface area contributed by atoms with E-state index in [1.807, 2.05) is 19.2 Å². The molecule has 1 amide bonds. The van der Waals surface area contributed by atoms with E-state index in [4.69, 9.17) is 10.5 Å². The molecule has 0 saturated heterocycles. The molecule has 1 rings (SSSR count). The highest BCUT2D eigenvalue weighted by atomic mass is 32.1. The van der Waals surface area contributed by atoms with Crippen LogP contribution in [0.4, 0.5) is 0 Å². The van der Waals surface area contributed by atoms with E-state index in [1.165, 1.54) is 0 Å². The van der Waals surface area contributed by atoms with Gasteiger partial charge >= 0.3 is 0 Å². The molecule has 0 aliphatic rings. The summed E-state index contributed by atoms with van der Waals surface area (Å²) in [6, 6.07) is 0. The first-order valence-electron chi connectivity index (χ1n) is 5.95. The molecule has 0 aromatic carbocycles. The molecule has 0 spiro atoms. The van der Waals surface area contributed by atoms with Crippen LogP contribution in [0.2, 0.25) is 0 Å². The molecule has 0 saturated carbocycles. The van der Waals surface area contributed by atoms with Gasteiger partial charge in [-0.05, 0) is 20.3 Å². The number of amides is 1. The SMILES string of the molecule is CC[C@@](C)(NCc1csc([C@H](C)OC)n1)C(N)=O. The van der Waals surface area contributed by atoms with E-state index in [1.54, 1.807) is 25.4 Å². The molecule has 1 aromatic rings. The number of nitrogens with zero attached hydrogens (tertiary/aromatic N) is 1. The van der Waals surface area contributed by atoms with Gasteiger partial charge in [-0.25, -0.2) is 4.98 Å². The number of ether oxygens (including phenoxy) is 1. The lowest BCUT2D eigenvalue weighted by molar-refractivity contribution is -0.124. The molecule has 0 aliphatic heterocycles. The number of thiazole rings is 1. The predicted molar refractivity (Wildman–Crippen MR) is 72.3 cm³/mol. The molecule has 0 unspecified atom stereocenters. The molecule has 0 radical (unpaired) electrons. The molecule has 2 atom stereocenters. The van der Waals surface area contributed by atoms with E-state index < -0.39 is 5.54 Å². The number of carbonyl (C=O) groups excluding carboxylic acids is 1. The van der Waals surface area contributed by atoms with Gasteiger partial charge in [-0.1, -0.05) is 6.92 Å². The number of hydrogen-bond donors (Lipinski definition) is 2. The highest BCUT2D eigenvalue weighted by molar-refractivity contribution is 7.09. The Balaban J connectivity index is 2.63. The number of rotatable bonds is 7. The highest BCUT2D eigenvalue weighted by Crippen LogP contribution is 2.20. The van der Waals surface area contributed by atoms with Gasteiger partial charge < -0.3 is 10.5 Å². The first kappa shape index (κ1) is 15.1. The summed E-state index contributed by atoms with van der Waals surface area (Å²) in [5, 5.41) is 6.06. The topological polar surface area (TPSA) is 77.2 Å². The maximum absolute atomic E-state index is 11.4. The van der Waals surface area contributed by atoms with Crippen LogP contribution >= 0.6 is 11.3 Å². The predicted octanol–water partition coefficient (Wildman–Crippen LogP) is 1.59. The maximum atomic E-state index is 11.4. The summed E-state index contributed by atoms with van der Waals surface area (Å²) in [6.45, 7) is 6.22. The fraction of sp³-hybridized carbons (Fsp3) is 0.667. The van der Waals surface area contributed by atoms with Crippen LogP contribution < -0.4 is 11.1 Å². The number of hydrogen-bond acceptors (Lipinski definition) is 5. The summed E-state index contributed by atoms with van der Waals surface area (Å²) in [6.07, 6.45) is 0.644. The lowest BCUT2D eigenvalue weighted by Gasteiger charge is -2.25. The first-order valence-corrected chi connectivity index (χ1v) is 6.83. The monoisotopic (exact) mass is 271 g/mol. The molecule has 6 heteroatoms. The number of nitrogens with one attached hydrogen (secondary N) is 1. The summed E-state index contributed by atoms with van der Waals surface area (Å²) in [5.74, 6) is -0.342. The van der Waals surface area contributed by atoms with Crippen LogP contribution in [0.25, 0.3) is 0 Å². The number of carbonyl (C=O) groups is 1. The van der Waals surface area contributed by atoms with Crippen LogP contribution in [0.15, 0.2) is 5.38 Å². The molecular formula is C12H21N3O2S. The van der Waals surface area contributed by atoms with Crippen molar-refractivity contribution in [1.29, 1.82) is 0 Å². The zero-order valence-electron chi connectivity index (χ0n) is 11.3. The zero-order chi connectivity index (χ0) is 13.8. The van der Waals surface area contributed by atoms with E-state index in [0.29, 0.717) is 13.0 Å². The number of nitrogens with two attached hydrogens (primary N) is 1. The van der Waals surface area contributed by atoms with Crippen molar-refractivity contribution in [3.05, 3.63) is 16.1 Å². The molecule has 0 aliphatic carbocycles. The second-order valence-electron chi connectivity index (χ2n) is 4.46. The van der Waals surface area contributed by atoms with Gasteiger partial charge in [-0.15, -0.1) is 11.3 Å². The third-order valence-corrected chi connectivity index (χ3v) is 4.24. The lowest BCUT2D eigenvalue weighted by atomic mass is 9.98. The van der Waals surface area contributed by atoms with Crippen LogP contribution in [-0.2, 0) is 16.1 Å². The van der Waals surface area contributed by atoms with Crippen LogP contribution in [0, 0.1) is 0 Å². The number of methoxy groups -OCH3 is 1. The number of aromatic nitrogens is 1. The minimum Gasteiger partial charge on any atom is -0.375 e. The summed E-state index contributed by atoms with van der Waals surface area (Å²) in [5.41, 5.74) is 5.60. The Labute approximate surface area is 112 Å². The van der Waals surface area contributed by atoms with Gasteiger partial charge in [-0.3, -0.25) is 10.1 Å². The molecule has 0 fully saturated rings. The Morgan fingerprint density at radius 1 is 1.72 bits per heavy atom. The van der Waals surface area contributed by atoms with E-state index in [-0.39, 0.29) is 12.0 Å². The van der Waals surface area contributed by atoms with Gasteiger partial charge in [0.05, 0.1) is 11.2 Å². The fourth-order valence-corrected chi connectivity index (χ4v) is 2.21. The Kier molecular flexibility index (Phi) is 5.25. The van der Waals surface area contributed by atoms with Crippen molar-refractivity contribution in [1.82, 2.24) is 10.3 Å². The largest absolute Gasteiger partial charge is 0.375 e.